The Balaban J connectivity index is 2.04. The van der Waals surface area contributed by atoms with Gasteiger partial charge in [0.1, 0.15) is 10.0 Å². The van der Waals surface area contributed by atoms with E-state index in [1.165, 1.54) is 23.5 Å². The molecule has 0 amide bonds. The Kier molecular flexibility index (Phi) is 4.87. The predicted octanol–water partition coefficient (Wildman–Crippen LogP) is 1.87. The lowest BCUT2D eigenvalue weighted by molar-refractivity contribution is 0.583. The van der Waals surface area contributed by atoms with Crippen molar-refractivity contribution in [2.24, 2.45) is 5.73 Å². The van der Waals surface area contributed by atoms with Crippen molar-refractivity contribution in [1.29, 1.82) is 0 Å². The molecule has 0 aliphatic heterocycles. The molecule has 7 heteroatoms. The van der Waals surface area contributed by atoms with E-state index < -0.39 is 10.0 Å². The molecule has 1 heterocycles. The number of hydrogen-bond donors (Lipinski definition) is 2. The molecule has 0 saturated carbocycles. The molecule has 2 rings (SSSR count). The van der Waals surface area contributed by atoms with E-state index in [9.17, 15) is 12.8 Å². The van der Waals surface area contributed by atoms with E-state index in [1.807, 2.05) is 0 Å². The first-order valence-corrected chi connectivity index (χ1v) is 8.34. The van der Waals surface area contributed by atoms with Crippen molar-refractivity contribution in [3.8, 4) is 0 Å². The quantitative estimate of drug-likeness (QED) is 0.855. The summed E-state index contributed by atoms with van der Waals surface area (Å²) in [5, 5.41) is 0. The summed E-state index contributed by atoms with van der Waals surface area (Å²) < 4.78 is 39.7. The molecule has 0 spiro atoms. The van der Waals surface area contributed by atoms with Crippen LogP contribution in [0.4, 0.5) is 4.39 Å². The second-order valence-electron chi connectivity index (χ2n) is 4.21. The van der Waals surface area contributed by atoms with Crippen LogP contribution in [0.3, 0.4) is 0 Å². The molecule has 3 N–H and O–H groups in total. The van der Waals surface area contributed by atoms with E-state index in [0.717, 1.165) is 4.88 Å². The van der Waals surface area contributed by atoms with Crippen molar-refractivity contribution in [2.45, 2.75) is 17.2 Å². The molecular formula is C13H15FN2O2S2. The number of hydrogen-bond acceptors (Lipinski definition) is 4. The number of rotatable bonds is 6. The van der Waals surface area contributed by atoms with Crippen LogP contribution in [-0.4, -0.2) is 15.0 Å². The summed E-state index contributed by atoms with van der Waals surface area (Å²) in [5.74, 6) is -0.346. The largest absolute Gasteiger partial charge is 0.330 e. The van der Waals surface area contributed by atoms with E-state index in [2.05, 4.69) is 4.72 Å². The number of halogens is 1. The average molecular weight is 314 g/mol. The zero-order valence-electron chi connectivity index (χ0n) is 10.7. The molecule has 1 aromatic carbocycles. The van der Waals surface area contributed by atoms with Crippen molar-refractivity contribution in [3.05, 3.63) is 52.7 Å². The van der Waals surface area contributed by atoms with Crippen molar-refractivity contribution in [2.75, 3.05) is 6.54 Å². The Labute approximate surface area is 121 Å². The zero-order chi connectivity index (χ0) is 14.6. The van der Waals surface area contributed by atoms with E-state index in [-0.39, 0.29) is 16.6 Å². The fraction of sp³-hybridized carbons (Fsp3) is 0.231. The summed E-state index contributed by atoms with van der Waals surface area (Å²) >= 11 is 1.21. The standard InChI is InChI=1S/C13H15FN2O2S2/c14-11-3-1-10(2-4-11)9-16-20(17,18)13-6-5-12(19-13)7-8-15/h1-6,16H,7-9,15H2. The maximum atomic E-state index is 12.8. The molecule has 108 valence electrons. The van der Waals surface area contributed by atoms with Gasteiger partial charge in [-0.25, -0.2) is 17.5 Å². The lowest BCUT2D eigenvalue weighted by atomic mass is 10.2. The van der Waals surface area contributed by atoms with Crippen molar-refractivity contribution in [1.82, 2.24) is 4.72 Å². The summed E-state index contributed by atoms with van der Waals surface area (Å²) in [6, 6.07) is 9.03. The fourth-order valence-electron chi connectivity index (χ4n) is 1.63. The second-order valence-corrected chi connectivity index (χ2v) is 7.37. The van der Waals surface area contributed by atoms with Gasteiger partial charge in [-0.1, -0.05) is 12.1 Å². The lowest BCUT2D eigenvalue weighted by Gasteiger charge is -2.04. The zero-order valence-corrected chi connectivity index (χ0v) is 12.3. The molecule has 1 aromatic heterocycles. The molecule has 20 heavy (non-hydrogen) atoms. The summed E-state index contributed by atoms with van der Waals surface area (Å²) in [6.07, 6.45) is 0.665. The van der Waals surface area contributed by atoms with Crippen LogP contribution < -0.4 is 10.5 Å². The smallest absolute Gasteiger partial charge is 0.250 e. The Morgan fingerprint density at radius 3 is 2.50 bits per heavy atom. The van der Waals surface area contributed by atoms with Crippen LogP contribution in [0.15, 0.2) is 40.6 Å². The van der Waals surface area contributed by atoms with Crippen LogP contribution in [0.2, 0.25) is 0 Å². The van der Waals surface area contributed by atoms with Crippen LogP contribution in [0.1, 0.15) is 10.4 Å². The number of nitrogens with two attached hydrogens (primary N) is 1. The Morgan fingerprint density at radius 1 is 1.15 bits per heavy atom. The van der Waals surface area contributed by atoms with E-state index in [4.69, 9.17) is 5.73 Å². The first-order chi connectivity index (χ1) is 9.51. The summed E-state index contributed by atoms with van der Waals surface area (Å²) in [7, 11) is -3.53. The summed E-state index contributed by atoms with van der Waals surface area (Å²) in [6.45, 7) is 0.621. The van der Waals surface area contributed by atoms with Gasteiger partial charge in [-0.2, -0.15) is 0 Å². The Bertz CT molecular complexity index is 666. The van der Waals surface area contributed by atoms with Gasteiger partial charge in [-0.15, -0.1) is 11.3 Å². The van der Waals surface area contributed by atoms with Gasteiger partial charge in [0.15, 0.2) is 0 Å². The molecular weight excluding hydrogens is 299 g/mol. The van der Waals surface area contributed by atoms with Gasteiger partial charge in [0.05, 0.1) is 0 Å². The van der Waals surface area contributed by atoms with Crippen molar-refractivity contribution >= 4 is 21.4 Å². The third-order valence-corrected chi connectivity index (χ3v) is 5.71. The SMILES string of the molecule is NCCc1ccc(S(=O)(=O)NCc2ccc(F)cc2)s1. The number of thiophene rings is 1. The molecule has 0 aliphatic carbocycles. The molecule has 0 radical (unpaired) electrons. The van der Waals surface area contributed by atoms with Crippen LogP contribution >= 0.6 is 11.3 Å². The van der Waals surface area contributed by atoms with Gasteiger partial charge < -0.3 is 5.73 Å². The maximum Gasteiger partial charge on any atom is 0.250 e. The Morgan fingerprint density at radius 2 is 1.85 bits per heavy atom. The molecule has 0 aliphatic rings. The Hall–Kier alpha value is -1.28. The first-order valence-electron chi connectivity index (χ1n) is 6.04. The predicted molar refractivity (Wildman–Crippen MR) is 77.5 cm³/mol. The summed E-state index contributed by atoms with van der Waals surface area (Å²) in [4.78, 5) is 0.939. The number of benzene rings is 1. The molecule has 2 aromatic rings. The molecule has 4 nitrogen and oxygen atoms in total. The molecule has 0 unspecified atom stereocenters. The second kappa shape index (κ2) is 6.45. The van der Waals surface area contributed by atoms with Gasteiger partial charge in [0.2, 0.25) is 10.0 Å². The van der Waals surface area contributed by atoms with E-state index in [0.29, 0.717) is 18.5 Å². The van der Waals surface area contributed by atoms with Gasteiger partial charge in [-0.3, -0.25) is 0 Å². The van der Waals surface area contributed by atoms with Gasteiger partial charge >= 0.3 is 0 Å². The fourth-order valence-corrected chi connectivity index (χ4v) is 4.06. The highest BCUT2D eigenvalue weighted by atomic mass is 32.2. The van der Waals surface area contributed by atoms with Crippen molar-refractivity contribution < 1.29 is 12.8 Å². The van der Waals surface area contributed by atoms with Gasteiger partial charge in [-0.05, 0) is 42.8 Å². The van der Waals surface area contributed by atoms with Gasteiger partial charge in [0, 0.05) is 11.4 Å². The maximum absolute atomic E-state index is 12.8. The van der Waals surface area contributed by atoms with Crippen LogP contribution in [0.25, 0.3) is 0 Å². The molecule has 0 fully saturated rings. The van der Waals surface area contributed by atoms with Crippen LogP contribution in [-0.2, 0) is 23.0 Å². The van der Waals surface area contributed by atoms with E-state index >= 15 is 0 Å². The first kappa shape index (κ1) is 15.1. The minimum absolute atomic E-state index is 0.132. The van der Waals surface area contributed by atoms with Gasteiger partial charge in [0.25, 0.3) is 0 Å². The minimum atomic E-state index is -3.53. The average Bonchev–Trinajstić information content (AvgIpc) is 2.88. The molecule has 0 saturated heterocycles. The third-order valence-electron chi connectivity index (χ3n) is 2.67. The highest BCUT2D eigenvalue weighted by Gasteiger charge is 2.16. The third kappa shape index (κ3) is 3.86. The van der Waals surface area contributed by atoms with E-state index in [1.54, 1.807) is 24.3 Å². The van der Waals surface area contributed by atoms with Crippen molar-refractivity contribution in [3.63, 3.8) is 0 Å². The minimum Gasteiger partial charge on any atom is -0.330 e. The summed E-state index contributed by atoms with van der Waals surface area (Å²) in [5.41, 5.74) is 6.14. The highest BCUT2D eigenvalue weighted by molar-refractivity contribution is 7.91. The van der Waals surface area contributed by atoms with Crippen LogP contribution in [0, 0.1) is 5.82 Å². The number of sulfonamides is 1. The normalized spacial score (nSPS) is 11.7. The molecule has 0 bridgehead atoms. The molecule has 0 atom stereocenters. The highest BCUT2D eigenvalue weighted by Crippen LogP contribution is 2.21. The number of nitrogens with one attached hydrogen (secondary N) is 1. The monoisotopic (exact) mass is 314 g/mol. The lowest BCUT2D eigenvalue weighted by Crippen LogP contribution is -2.22. The van der Waals surface area contributed by atoms with Crippen LogP contribution in [0.5, 0.6) is 0 Å². The topological polar surface area (TPSA) is 72.2 Å².